The number of hydrogen-bond donors (Lipinski definition) is 3. The van der Waals surface area contributed by atoms with Crippen LogP contribution in [0.3, 0.4) is 0 Å². The zero-order valence-corrected chi connectivity index (χ0v) is 62.5. The summed E-state index contributed by atoms with van der Waals surface area (Å²) in [6.07, 6.45) is 50.2. The molecule has 0 heterocycles. The number of carbonyl (C=O) groups is 4. The van der Waals surface area contributed by atoms with Crippen LogP contribution in [-0.4, -0.2) is 96.7 Å². The average Bonchev–Trinajstić information content (AvgIpc) is 3.27. The Balaban J connectivity index is 5.16. The number of aliphatic hydroxyl groups is 1. The fourth-order valence-corrected chi connectivity index (χ4v) is 12.8. The van der Waals surface area contributed by atoms with E-state index in [4.69, 9.17) is 37.0 Å². The van der Waals surface area contributed by atoms with Crippen LogP contribution in [0.4, 0.5) is 0 Å². The predicted molar refractivity (Wildman–Crippen MR) is 377 cm³/mol. The third kappa shape index (κ3) is 67.0. The fraction of sp³-hybridized carbons (Fsp3) is 0.946. The van der Waals surface area contributed by atoms with Gasteiger partial charge >= 0.3 is 39.5 Å². The van der Waals surface area contributed by atoms with E-state index < -0.39 is 97.5 Å². The summed E-state index contributed by atoms with van der Waals surface area (Å²) in [4.78, 5) is 72.6. The summed E-state index contributed by atoms with van der Waals surface area (Å²) in [5.41, 5.74) is 0. The standard InChI is InChI=1S/C74H144O17P2/c1-8-10-11-12-13-25-34-41-48-55-71(76)84-62-70(91-74(79)58-51-44-37-30-32-39-46-53-66(5)6)64-89-93(82,83)87-60-68(75)59-86-92(80,81)88-63-69(61-85-72(77)56-49-42-35-29-24-26-31-38-45-52-65(3)4)90-73(78)57-50-43-36-28-23-21-19-17-15-14-16-18-20-22-27-33-40-47-54-67(7)9-2/h65-70,75H,8-64H2,1-7H3,(H,80,81)(H,82,83)/t67?,68-,69-,70-/m1/s1. The average molecular weight is 1370 g/mol. The molecule has 0 aliphatic carbocycles. The summed E-state index contributed by atoms with van der Waals surface area (Å²) in [7, 11) is -9.90. The minimum Gasteiger partial charge on any atom is -0.462 e. The highest BCUT2D eigenvalue weighted by Crippen LogP contribution is 2.45. The molecule has 0 aromatic heterocycles. The first-order valence-electron chi connectivity index (χ1n) is 38.4. The van der Waals surface area contributed by atoms with E-state index in [2.05, 4.69) is 48.5 Å². The second kappa shape index (κ2) is 64.7. The van der Waals surface area contributed by atoms with Crippen molar-refractivity contribution in [3.8, 4) is 0 Å². The van der Waals surface area contributed by atoms with Crippen LogP contribution >= 0.6 is 15.6 Å². The molecule has 0 aliphatic heterocycles. The fourth-order valence-electron chi connectivity index (χ4n) is 11.2. The highest BCUT2D eigenvalue weighted by Gasteiger charge is 2.30. The molecule has 0 aromatic rings. The number of rotatable bonds is 72. The third-order valence-corrected chi connectivity index (χ3v) is 19.4. The van der Waals surface area contributed by atoms with E-state index >= 15 is 0 Å². The van der Waals surface area contributed by atoms with Crippen molar-refractivity contribution >= 4 is 39.5 Å². The van der Waals surface area contributed by atoms with E-state index in [1.54, 1.807) is 0 Å². The van der Waals surface area contributed by atoms with Crippen molar-refractivity contribution < 1.29 is 80.2 Å². The number of phosphoric ester groups is 2. The van der Waals surface area contributed by atoms with Crippen molar-refractivity contribution in [1.29, 1.82) is 0 Å². The first-order valence-corrected chi connectivity index (χ1v) is 41.4. The molecule has 0 aliphatic rings. The molecule has 17 nitrogen and oxygen atoms in total. The largest absolute Gasteiger partial charge is 0.472 e. The van der Waals surface area contributed by atoms with Gasteiger partial charge in [0, 0.05) is 25.7 Å². The van der Waals surface area contributed by atoms with Crippen LogP contribution in [-0.2, 0) is 65.4 Å². The highest BCUT2D eigenvalue weighted by molar-refractivity contribution is 7.47. The van der Waals surface area contributed by atoms with Gasteiger partial charge in [-0.05, 0) is 43.4 Å². The van der Waals surface area contributed by atoms with Crippen LogP contribution in [0.1, 0.15) is 376 Å². The lowest BCUT2D eigenvalue weighted by Gasteiger charge is -2.21. The smallest absolute Gasteiger partial charge is 0.462 e. The lowest BCUT2D eigenvalue weighted by atomic mass is 9.99. The van der Waals surface area contributed by atoms with E-state index in [-0.39, 0.29) is 25.7 Å². The molecule has 3 N–H and O–H groups in total. The number of phosphoric acid groups is 2. The Kier molecular flexibility index (Phi) is 63.4. The Morgan fingerprint density at radius 3 is 0.817 bits per heavy atom. The summed E-state index contributed by atoms with van der Waals surface area (Å²) >= 11 is 0. The van der Waals surface area contributed by atoms with Crippen molar-refractivity contribution in [3.05, 3.63) is 0 Å². The van der Waals surface area contributed by atoms with Crippen LogP contribution in [0.2, 0.25) is 0 Å². The van der Waals surface area contributed by atoms with Gasteiger partial charge in [0.15, 0.2) is 12.2 Å². The van der Waals surface area contributed by atoms with Crippen LogP contribution in [0.15, 0.2) is 0 Å². The SMILES string of the molecule is CCCCCCCCCCCC(=O)OC[C@H](COP(=O)(O)OC[C@H](O)COP(=O)(O)OC[C@@H](COC(=O)CCCCCCCCCCCC(C)C)OC(=O)CCCCCCCCCCCCCCCCCCCCC(C)CC)OC(=O)CCCCCCCCCC(C)C. The van der Waals surface area contributed by atoms with Crippen LogP contribution in [0.25, 0.3) is 0 Å². The summed E-state index contributed by atoms with van der Waals surface area (Å²) in [6.45, 7) is 11.8. The molecule has 6 atom stereocenters. The van der Waals surface area contributed by atoms with E-state index in [0.717, 1.165) is 102 Å². The lowest BCUT2D eigenvalue weighted by Crippen LogP contribution is -2.30. The third-order valence-electron chi connectivity index (χ3n) is 17.5. The van der Waals surface area contributed by atoms with Gasteiger partial charge in [-0.1, -0.05) is 325 Å². The number of esters is 4. The molecule has 0 rings (SSSR count). The zero-order valence-electron chi connectivity index (χ0n) is 60.7. The van der Waals surface area contributed by atoms with E-state index in [0.29, 0.717) is 31.6 Å². The molecule has 3 unspecified atom stereocenters. The van der Waals surface area contributed by atoms with Crippen molar-refractivity contribution in [2.45, 2.75) is 394 Å². The Bertz CT molecular complexity index is 1820. The summed E-state index contributed by atoms with van der Waals surface area (Å²) in [5, 5.41) is 10.6. The van der Waals surface area contributed by atoms with Crippen LogP contribution in [0.5, 0.6) is 0 Å². The second-order valence-corrected chi connectivity index (χ2v) is 30.8. The summed E-state index contributed by atoms with van der Waals surface area (Å²) < 4.78 is 68.3. The second-order valence-electron chi connectivity index (χ2n) is 27.9. The van der Waals surface area contributed by atoms with Gasteiger partial charge in [0.1, 0.15) is 19.3 Å². The van der Waals surface area contributed by atoms with Crippen molar-refractivity contribution in [3.63, 3.8) is 0 Å². The number of aliphatic hydroxyl groups excluding tert-OH is 1. The molecule has 0 saturated heterocycles. The lowest BCUT2D eigenvalue weighted by molar-refractivity contribution is -0.161. The zero-order chi connectivity index (χ0) is 68.7. The Hall–Kier alpha value is -1.94. The molecule has 0 fully saturated rings. The first-order chi connectivity index (χ1) is 44.8. The molecule has 0 spiro atoms. The number of unbranched alkanes of at least 4 members (excludes halogenated alkanes) is 39. The molecule has 0 bridgehead atoms. The highest BCUT2D eigenvalue weighted by atomic mass is 31.2. The maximum absolute atomic E-state index is 13.1. The molecule has 0 aromatic carbocycles. The Labute approximate surface area is 568 Å². The normalized spacial score (nSPS) is 14.4. The van der Waals surface area contributed by atoms with Crippen molar-refractivity contribution in [1.82, 2.24) is 0 Å². The van der Waals surface area contributed by atoms with E-state index in [1.165, 1.54) is 186 Å². The number of carbonyl (C=O) groups excluding carboxylic acids is 4. The van der Waals surface area contributed by atoms with Gasteiger partial charge < -0.3 is 33.8 Å². The van der Waals surface area contributed by atoms with Crippen LogP contribution in [0, 0.1) is 17.8 Å². The van der Waals surface area contributed by atoms with Gasteiger partial charge in [-0.25, -0.2) is 9.13 Å². The molecular weight excluding hydrogens is 1220 g/mol. The molecule has 552 valence electrons. The van der Waals surface area contributed by atoms with Crippen molar-refractivity contribution in [2.75, 3.05) is 39.6 Å². The van der Waals surface area contributed by atoms with Gasteiger partial charge in [-0.3, -0.25) is 37.3 Å². The molecule has 93 heavy (non-hydrogen) atoms. The number of hydrogen-bond acceptors (Lipinski definition) is 15. The minimum atomic E-state index is -4.95. The van der Waals surface area contributed by atoms with Gasteiger partial charge in [0.2, 0.25) is 0 Å². The van der Waals surface area contributed by atoms with Gasteiger partial charge in [-0.2, -0.15) is 0 Å². The molecular formula is C74H144O17P2. The Morgan fingerprint density at radius 1 is 0.312 bits per heavy atom. The van der Waals surface area contributed by atoms with E-state index in [9.17, 15) is 43.2 Å². The van der Waals surface area contributed by atoms with Gasteiger partial charge in [-0.15, -0.1) is 0 Å². The maximum Gasteiger partial charge on any atom is 0.472 e. The minimum absolute atomic E-state index is 0.103. The molecule has 0 amide bonds. The summed E-state index contributed by atoms with van der Waals surface area (Å²) in [5.74, 6) is 0.185. The summed E-state index contributed by atoms with van der Waals surface area (Å²) in [6, 6.07) is 0. The molecule has 0 radical (unpaired) electrons. The van der Waals surface area contributed by atoms with Crippen molar-refractivity contribution in [2.24, 2.45) is 17.8 Å². The quantitative estimate of drug-likeness (QED) is 0.0222. The number of ether oxygens (including phenoxy) is 4. The van der Waals surface area contributed by atoms with Crippen LogP contribution < -0.4 is 0 Å². The molecule has 19 heteroatoms. The molecule has 0 saturated carbocycles. The topological polar surface area (TPSA) is 237 Å². The monoisotopic (exact) mass is 1370 g/mol. The first kappa shape index (κ1) is 91.1. The van der Waals surface area contributed by atoms with E-state index in [1.807, 2.05) is 0 Å². The Morgan fingerprint density at radius 2 is 0.548 bits per heavy atom. The maximum atomic E-state index is 13.1. The van der Waals surface area contributed by atoms with Gasteiger partial charge in [0.05, 0.1) is 26.4 Å². The predicted octanol–water partition coefficient (Wildman–Crippen LogP) is 21.4. The van der Waals surface area contributed by atoms with Gasteiger partial charge in [0.25, 0.3) is 0 Å².